The van der Waals surface area contributed by atoms with Gasteiger partial charge in [0.1, 0.15) is 10.8 Å². The van der Waals surface area contributed by atoms with Crippen LogP contribution in [0.5, 0.6) is 0 Å². The molecule has 0 aliphatic carbocycles. The zero-order valence-electron chi connectivity index (χ0n) is 11.4. The molecule has 1 aliphatic heterocycles. The Bertz CT molecular complexity index is 563. The van der Waals surface area contributed by atoms with Gasteiger partial charge in [0.15, 0.2) is 0 Å². The lowest BCUT2D eigenvalue weighted by Gasteiger charge is -2.21. The van der Waals surface area contributed by atoms with Crippen LogP contribution < -0.4 is 11.5 Å². The Morgan fingerprint density at radius 2 is 2.15 bits per heavy atom. The van der Waals surface area contributed by atoms with Crippen LogP contribution in [0, 0.1) is 11.2 Å². The molecular formula is C14H18FN3OS. The van der Waals surface area contributed by atoms with Gasteiger partial charge in [-0.1, -0.05) is 12.2 Å². The summed E-state index contributed by atoms with van der Waals surface area (Å²) >= 11 is 4.87. The van der Waals surface area contributed by atoms with Gasteiger partial charge in [0.05, 0.1) is 5.41 Å². The number of carbonyl (C=O) groups excluding carboxylic acids is 1. The van der Waals surface area contributed by atoms with Gasteiger partial charge in [-0.15, -0.1) is 0 Å². The molecule has 0 spiro atoms. The molecule has 1 heterocycles. The molecule has 1 amide bonds. The van der Waals surface area contributed by atoms with E-state index in [1.807, 2.05) is 6.92 Å². The van der Waals surface area contributed by atoms with Crippen molar-refractivity contribution in [1.29, 1.82) is 0 Å². The van der Waals surface area contributed by atoms with Gasteiger partial charge in [0.25, 0.3) is 0 Å². The summed E-state index contributed by atoms with van der Waals surface area (Å²) in [5.74, 6) is -0.648. The van der Waals surface area contributed by atoms with E-state index in [-0.39, 0.29) is 16.7 Å². The number of carbonyl (C=O) groups is 1. The van der Waals surface area contributed by atoms with Crippen molar-refractivity contribution in [2.75, 3.05) is 13.1 Å². The number of benzene rings is 1. The number of hydrogen-bond acceptors (Lipinski definition) is 3. The summed E-state index contributed by atoms with van der Waals surface area (Å²) in [6.45, 7) is 3.76. The topological polar surface area (TPSA) is 72.4 Å². The lowest BCUT2D eigenvalue weighted by molar-refractivity contribution is -0.126. The van der Waals surface area contributed by atoms with Gasteiger partial charge in [0.2, 0.25) is 5.91 Å². The van der Waals surface area contributed by atoms with Gasteiger partial charge in [0, 0.05) is 18.7 Å². The molecule has 4 N–H and O–H groups in total. The van der Waals surface area contributed by atoms with Crippen molar-refractivity contribution in [2.45, 2.75) is 19.9 Å². The minimum Gasteiger partial charge on any atom is -0.389 e. The van der Waals surface area contributed by atoms with E-state index >= 15 is 0 Å². The Hall–Kier alpha value is -1.53. The highest BCUT2D eigenvalue weighted by atomic mass is 32.1. The average Bonchev–Trinajstić information content (AvgIpc) is 2.71. The molecule has 20 heavy (non-hydrogen) atoms. The quantitative estimate of drug-likeness (QED) is 0.818. The number of thiocarbonyl (C=S) groups is 1. The lowest BCUT2D eigenvalue weighted by atomic mass is 9.89. The number of halogens is 1. The van der Waals surface area contributed by atoms with E-state index in [9.17, 15) is 9.18 Å². The van der Waals surface area contributed by atoms with Gasteiger partial charge >= 0.3 is 0 Å². The molecule has 1 atom stereocenters. The minimum atomic E-state index is -0.501. The number of likely N-dealkylation sites (tertiary alicyclic amines) is 1. The predicted octanol–water partition coefficient (Wildman–Crippen LogP) is 1.16. The summed E-state index contributed by atoms with van der Waals surface area (Å²) in [5, 5.41) is 0. The van der Waals surface area contributed by atoms with Crippen LogP contribution in [0.15, 0.2) is 18.2 Å². The molecule has 1 aliphatic rings. The molecule has 0 radical (unpaired) electrons. The summed E-state index contributed by atoms with van der Waals surface area (Å²) < 4.78 is 13.5. The number of rotatable bonds is 4. The largest absolute Gasteiger partial charge is 0.389 e. The Morgan fingerprint density at radius 1 is 1.45 bits per heavy atom. The van der Waals surface area contributed by atoms with Crippen LogP contribution in [0.2, 0.25) is 0 Å². The van der Waals surface area contributed by atoms with Crippen molar-refractivity contribution in [1.82, 2.24) is 4.90 Å². The van der Waals surface area contributed by atoms with E-state index < -0.39 is 5.41 Å². The smallest absolute Gasteiger partial charge is 0.224 e. The fraction of sp³-hybridized carbons (Fsp3) is 0.429. The SMILES string of the molecule is CC1(C(N)=O)CCN(Cc2cc(F)cc(C(N)=S)c2)C1. The van der Waals surface area contributed by atoms with E-state index in [1.165, 1.54) is 12.1 Å². The molecule has 6 heteroatoms. The fourth-order valence-corrected chi connectivity index (χ4v) is 2.65. The molecule has 4 nitrogen and oxygen atoms in total. The highest BCUT2D eigenvalue weighted by Crippen LogP contribution is 2.30. The second-order valence-electron chi connectivity index (χ2n) is 5.60. The second-order valence-corrected chi connectivity index (χ2v) is 6.04. The van der Waals surface area contributed by atoms with Gasteiger partial charge in [-0.25, -0.2) is 4.39 Å². The van der Waals surface area contributed by atoms with Gasteiger partial charge in [-0.2, -0.15) is 0 Å². The maximum Gasteiger partial charge on any atom is 0.224 e. The van der Waals surface area contributed by atoms with Gasteiger partial charge < -0.3 is 11.5 Å². The van der Waals surface area contributed by atoms with Crippen molar-refractivity contribution < 1.29 is 9.18 Å². The van der Waals surface area contributed by atoms with Crippen LogP contribution >= 0.6 is 12.2 Å². The molecule has 1 fully saturated rings. The van der Waals surface area contributed by atoms with Crippen molar-refractivity contribution >= 4 is 23.1 Å². The normalized spacial score (nSPS) is 22.9. The van der Waals surface area contributed by atoms with Gasteiger partial charge in [-0.3, -0.25) is 9.69 Å². The van der Waals surface area contributed by atoms with Crippen molar-refractivity contribution in [3.63, 3.8) is 0 Å². The zero-order valence-corrected chi connectivity index (χ0v) is 12.2. The first-order valence-electron chi connectivity index (χ1n) is 6.42. The summed E-state index contributed by atoms with van der Waals surface area (Å²) in [5.41, 5.74) is 11.8. The summed E-state index contributed by atoms with van der Waals surface area (Å²) in [7, 11) is 0. The molecule has 1 aromatic carbocycles. The van der Waals surface area contributed by atoms with E-state index in [0.717, 1.165) is 18.5 Å². The lowest BCUT2D eigenvalue weighted by Crippen LogP contribution is -2.36. The minimum absolute atomic E-state index is 0.175. The summed E-state index contributed by atoms with van der Waals surface area (Å²) in [4.78, 5) is 13.7. The van der Waals surface area contributed by atoms with E-state index in [4.69, 9.17) is 23.7 Å². The molecule has 0 saturated carbocycles. The molecule has 1 saturated heterocycles. The highest BCUT2D eigenvalue weighted by Gasteiger charge is 2.38. The van der Waals surface area contributed by atoms with Crippen LogP contribution in [0.25, 0.3) is 0 Å². The Morgan fingerprint density at radius 3 is 2.70 bits per heavy atom. The molecule has 1 unspecified atom stereocenters. The number of hydrogen-bond donors (Lipinski definition) is 2. The van der Waals surface area contributed by atoms with E-state index in [2.05, 4.69) is 4.90 Å². The summed E-state index contributed by atoms with van der Waals surface area (Å²) in [6.07, 6.45) is 0.722. The molecule has 0 bridgehead atoms. The third kappa shape index (κ3) is 3.13. The Kier molecular flexibility index (Phi) is 4.06. The number of nitrogens with zero attached hydrogens (tertiary/aromatic N) is 1. The first-order valence-corrected chi connectivity index (χ1v) is 6.82. The van der Waals surface area contributed by atoms with Crippen LogP contribution in [0.3, 0.4) is 0 Å². The van der Waals surface area contributed by atoms with Crippen LogP contribution in [-0.4, -0.2) is 28.9 Å². The molecule has 108 valence electrons. The predicted molar refractivity (Wildman–Crippen MR) is 79.5 cm³/mol. The highest BCUT2D eigenvalue weighted by molar-refractivity contribution is 7.80. The standard InChI is InChI=1S/C14H18FN3OS/c1-14(13(17)19)2-3-18(8-14)7-9-4-10(12(16)20)6-11(15)5-9/h4-6H,2-3,7-8H2,1H3,(H2,16,20)(H2,17,19). The maximum atomic E-state index is 13.5. The number of amides is 1. The molecule has 1 aromatic rings. The van der Waals surface area contributed by atoms with Crippen molar-refractivity contribution in [3.8, 4) is 0 Å². The average molecular weight is 295 g/mol. The Labute approximate surface area is 122 Å². The molecule has 0 aromatic heterocycles. The first-order chi connectivity index (χ1) is 9.30. The first kappa shape index (κ1) is 14.9. The second kappa shape index (κ2) is 5.46. The van der Waals surface area contributed by atoms with E-state index in [0.29, 0.717) is 18.7 Å². The van der Waals surface area contributed by atoms with Crippen LogP contribution in [-0.2, 0) is 11.3 Å². The van der Waals surface area contributed by atoms with Crippen LogP contribution in [0.4, 0.5) is 4.39 Å². The van der Waals surface area contributed by atoms with Gasteiger partial charge in [-0.05, 0) is 43.7 Å². The Balaban J connectivity index is 2.12. The number of primary amides is 1. The van der Waals surface area contributed by atoms with Crippen molar-refractivity contribution in [2.24, 2.45) is 16.9 Å². The maximum absolute atomic E-state index is 13.5. The number of nitrogens with two attached hydrogens (primary N) is 2. The monoisotopic (exact) mass is 295 g/mol. The van der Waals surface area contributed by atoms with Crippen molar-refractivity contribution in [3.05, 3.63) is 35.1 Å². The summed E-state index contributed by atoms with van der Waals surface area (Å²) in [6, 6.07) is 4.57. The van der Waals surface area contributed by atoms with Crippen LogP contribution in [0.1, 0.15) is 24.5 Å². The zero-order chi connectivity index (χ0) is 14.9. The third-order valence-corrected chi connectivity index (χ3v) is 4.03. The third-order valence-electron chi connectivity index (χ3n) is 3.80. The fourth-order valence-electron chi connectivity index (χ4n) is 2.53. The molecular weight excluding hydrogens is 277 g/mol. The van der Waals surface area contributed by atoms with E-state index in [1.54, 1.807) is 6.07 Å². The molecule has 2 rings (SSSR count).